The molecule has 2 aromatic carbocycles. The van der Waals surface area contributed by atoms with E-state index in [1.165, 1.54) is 4.31 Å². The van der Waals surface area contributed by atoms with Gasteiger partial charge in [0.15, 0.2) is 0 Å². The number of hydrogen-bond donors (Lipinski definition) is 0. The maximum atomic E-state index is 13.1. The highest BCUT2D eigenvalue weighted by Crippen LogP contribution is 2.29. The van der Waals surface area contributed by atoms with Crippen LogP contribution in [0, 0.1) is 5.92 Å². The van der Waals surface area contributed by atoms with E-state index in [-0.39, 0.29) is 37.1 Å². The molecule has 2 fully saturated rings. The van der Waals surface area contributed by atoms with Gasteiger partial charge in [0.25, 0.3) is 0 Å². The van der Waals surface area contributed by atoms with Crippen LogP contribution < -0.4 is 4.90 Å². The second-order valence-corrected chi connectivity index (χ2v) is 10.9. The average molecular weight is 474 g/mol. The fourth-order valence-corrected chi connectivity index (χ4v) is 6.19. The van der Waals surface area contributed by atoms with Crippen molar-refractivity contribution in [1.29, 1.82) is 0 Å². The average Bonchev–Trinajstić information content (AvgIpc) is 3.20. The van der Waals surface area contributed by atoms with Crippen LogP contribution in [0.5, 0.6) is 0 Å². The van der Waals surface area contributed by atoms with E-state index in [0.29, 0.717) is 19.6 Å². The van der Waals surface area contributed by atoms with Gasteiger partial charge in [0, 0.05) is 49.7 Å². The van der Waals surface area contributed by atoms with Crippen molar-refractivity contribution in [3.63, 3.8) is 0 Å². The summed E-state index contributed by atoms with van der Waals surface area (Å²) in [6.45, 7) is 1.61. The van der Waals surface area contributed by atoms with Gasteiger partial charge in [-0.2, -0.15) is 4.31 Å². The molecule has 4 rings (SSSR count). The fraction of sp³-hybridized carbons (Fsp3) is 0.391. The van der Waals surface area contributed by atoms with Gasteiger partial charge >= 0.3 is 0 Å². The van der Waals surface area contributed by atoms with Crippen LogP contribution in [0.4, 0.5) is 5.69 Å². The molecule has 0 saturated carbocycles. The minimum Gasteiger partial charge on any atom is -0.340 e. The fourth-order valence-electron chi connectivity index (χ4n) is 4.22. The van der Waals surface area contributed by atoms with Gasteiger partial charge in [-0.3, -0.25) is 9.59 Å². The number of rotatable bonds is 6. The second kappa shape index (κ2) is 9.64. The van der Waals surface area contributed by atoms with Crippen LogP contribution in [0.1, 0.15) is 12.0 Å². The third kappa shape index (κ3) is 5.00. The molecular weight excluding hydrogens is 446 g/mol. The van der Waals surface area contributed by atoms with Crippen molar-refractivity contribution in [3.8, 4) is 0 Å². The molecule has 0 radical (unpaired) electrons. The predicted molar refractivity (Wildman–Crippen MR) is 126 cm³/mol. The Balaban J connectivity index is 1.35. The topological polar surface area (TPSA) is 78.0 Å². The summed E-state index contributed by atoms with van der Waals surface area (Å²) in [6.07, 6.45) is 2.17. The second-order valence-electron chi connectivity index (χ2n) is 8.07. The number of carbonyl (C=O) groups excluding carboxylic acids is 2. The molecule has 0 aliphatic carbocycles. The Labute approximate surface area is 193 Å². The summed E-state index contributed by atoms with van der Waals surface area (Å²) >= 11 is 1.61. The molecule has 0 bridgehead atoms. The molecule has 9 heteroatoms. The number of nitrogens with zero attached hydrogens (tertiary/aromatic N) is 3. The highest BCUT2D eigenvalue weighted by molar-refractivity contribution is 7.98. The van der Waals surface area contributed by atoms with E-state index in [4.69, 9.17) is 0 Å². The van der Waals surface area contributed by atoms with E-state index >= 15 is 0 Å². The largest absolute Gasteiger partial charge is 0.340 e. The first-order valence-corrected chi connectivity index (χ1v) is 13.5. The van der Waals surface area contributed by atoms with Gasteiger partial charge in [-0.25, -0.2) is 8.42 Å². The summed E-state index contributed by atoms with van der Waals surface area (Å²) in [4.78, 5) is 30.1. The van der Waals surface area contributed by atoms with Crippen molar-refractivity contribution in [2.24, 2.45) is 5.92 Å². The Morgan fingerprint density at radius 3 is 2.44 bits per heavy atom. The van der Waals surface area contributed by atoms with E-state index in [9.17, 15) is 18.0 Å². The quantitative estimate of drug-likeness (QED) is 0.603. The Hall–Kier alpha value is -2.36. The van der Waals surface area contributed by atoms with Gasteiger partial charge in [-0.15, -0.1) is 11.8 Å². The number of piperazine rings is 1. The number of anilines is 1. The van der Waals surface area contributed by atoms with Crippen LogP contribution in [-0.2, 0) is 25.4 Å². The number of amides is 2. The smallest absolute Gasteiger partial charge is 0.228 e. The summed E-state index contributed by atoms with van der Waals surface area (Å²) in [5, 5.41) is 0. The zero-order valence-corrected chi connectivity index (χ0v) is 19.6. The summed E-state index contributed by atoms with van der Waals surface area (Å²) in [5.74, 6) is -0.552. The molecule has 2 aliphatic rings. The minimum atomic E-state index is -3.43. The normalized spacial score (nSPS) is 20.0. The van der Waals surface area contributed by atoms with E-state index in [2.05, 4.69) is 0 Å². The highest BCUT2D eigenvalue weighted by Gasteiger charge is 2.39. The Morgan fingerprint density at radius 2 is 1.75 bits per heavy atom. The van der Waals surface area contributed by atoms with Crippen LogP contribution in [-0.4, -0.2) is 68.4 Å². The number of thioether (sulfide) groups is 1. The van der Waals surface area contributed by atoms with Crippen molar-refractivity contribution in [2.75, 3.05) is 43.9 Å². The molecule has 0 aromatic heterocycles. The van der Waals surface area contributed by atoms with E-state index < -0.39 is 15.9 Å². The van der Waals surface area contributed by atoms with Crippen molar-refractivity contribution < 1.29 is 18.0 Å². The Kier molecular flexibility index (Phi) is 6.88. The first-order valence-electron chi connectivity index (χ1n) is 10.6. The maximum absolute atomic E-state index is 13.1. The lowest BCUT2D eigenvalue weighted by Crippen LogP contribution is -2.52. The third-order valence-corrected chi connectivity index (χ3v) is 8.55. The molecule has 2 amide bonds. The zero-order chi connectivity index (χ0) is 22.7. The number of benzene rings is 2. The van der Waals surface area contributed by atoms with Gasteiger partial charge in [-0.05, 0) is 30.0 Å². The van der Waals surface area contributed by atoms with Crippen LogP contribution in [0.25, 0.3) is 0 Å². The van der Waals surface area contributed by atoms with E-state index in [0.717, 1.165) is 16.1 Å². The lowest BCUT2D eigenvalue weighted by molar-refractivity contribution is -0.136. The van der Waals surface area contributed by atoms with Crippen LogP contribution in [0.3, 0.4) is 0 Å². The summed E-state index contributed by atoms with van der Waals surface area (Å²) in [5.41, 5.74) is 1.56. The molecule has 1 atom stereocenters. The standard InChI is InChI=1S/C23H27N3O4S2/c1-31-21-9-5-8-20(15-21)26-16-19(14-22(26)27)23(28)24-10-12-25(13-11-24)32(29,30)17-18-6-3-2-4-7-18/h2-9,15,19H,10-14,16-17H2,1H3. The summed E-state index contributed by atoms with van der Waals surface area (Å²) in [6, 6.07) is 16.9. The molecule has 0 spiro atoms. The van der Waals surface area contributed by atoms with E-state index in [1.807, 2.05) is 48.7 Å². The van der Waals surface area contributed by atoms with Crippen molar-refractivity contribution >= 4 is 39.3 Å². The van der Waals surface area contributed by atoms with Gasteiger partial charge < -0.3 is 9.80 Å². The lowest BCUT2D eigenvalue weighted by atomic mass is 10.1. The number of hydrogen-bond acceptors (Lipinski definition) is 5. The number of sulfonamides is 1. The molecule has 7 nitrogen and oxygen atoms in total. The first kappa shape index (κ1) is 22.8. The van der Waals surface area contributed by atoms with Gasteiger partial charge in [-0.1, -0.05) is 36.4 Å². The van der Waals surface area contributed by atoms with Crippen LogP contribution in [0.15, 0.2) is 59.5 Å². The molecule has 32 heavy (non-hydrogen) atoms. The van der Waals surface area contributed by atoms with Crippen LogP contribution >= 0.6 is 11.8 Å². The Morgan fingerprint density at radius 1 is 1.03 bits per heavy atom. The molecule has 2 aromatic rings. The monoisotopic (exact) mass is 473 g/mol. The molecule has 170 valence electrons. The minimum absolute atomic E-state index is 0.0387. The van der Waals surface area contributed by atoms with Crippen LogP contribution in [0.2, 0.25) is 0 Å². The first-order chi connectivity index (χ1) is 15.4. The van der Waals surface area contributed by atoms with Gasteiger partial charge in [0.2, 0.25) is 21.8 Å². The molecule has 0 N–H and O–H groups in total. The maximum Gasteiger partial charge on any atom is 0.228 e. The number of carbonyl (C=O) groups is 2. The molecular formula is C23H27N3O4S2. The van der Waals surface area contributed by atoms with Gasteiger partial charge in [0.05, 0.1) is 11.7 Å². The third-order valence-electron chi connectivity index (χ3n) is 5.97. The predicted octanol–water partition coefficient (Wildman–Crippen LogP) is 2.44. The molecule has 2 aliphatic heterocycles. The summed E-state index contributed by atoms with van der Waals surface area (Å²) < 4.78 is 27.0. The van der Waals surface area contributed by atoms with Crippen molar-refractivity contribution in [1.82, 2.24) is 9.21 Å². The zero-order valence-electron chi connectivity index (χ0n) is 18.0. The molecule has 2 saturated heterocycles. The van der Waals surface area contributed by atoms with E-state index in [1.54, 1.807) is 33.7 Å². The Bertz CT molecular complexity index is 1080. The molecule has 2 heterocycles. The lowest BCUT2D eigenvalue weighted by Gasteiger charge is -2.35. The SMILES string of the molecule is CSc1cccc(N2CC(C(=O)N3CCN(S(=O)(=O)Cc4ccccc4)CC3)CC2=O)c1. The summed E-state index contributed by atoms with van der Waals surface area (Å²) in [7, 11) is -3.43. The van der Waals surface area contributed by atoms with Crippen molar-refractivity contribution in [3.05, 3.63) is 60.2 Å². The van der Waals surface area contributed by atoms with Crippen molar-refractivity contribution in [2.45, 2.75) is 17.1 Å². The highest BCUT2D eigenvalue weighted by atomic mass is 32.2. The van der Waals surface area contributed by atoms with Gasteiger partial charge in [0.1, 0.15) is 0 Å². The molecule has 1 unspecified atom stereocenters.